The summed E-state index contributed by atoms with van der Waals surface area (Å²) in [7, 11) is 1.72. The third-order valence-corrected chi connectivity index (χ3v) is 3.12. The number of rotatable bonds is 8. The lowest BCUT2D eigenvalue weighted by molar-refractivity contribution is 0.218. The van der Waals surface area contributed by atoms with Gasteiger partial charge in [0, 0.05) is 25.6 Å². The predicted molar refractivity (Wildman–Crippen MR) is 73.4 cm³/mol. The first-order valence-electron chi connectivity index (χ1n) is 5.99. The van der Waals surface area contributed by atoms with Crippen molar-refractivity contribution in [3.63, 3.8) is 0 Å². The largest absolute Gasteiger partial charge is 0.384 e. The highest BCUT2D eigenvalue weighted by atomic mass is 32.2. The van der Waals surface area contributed by atoms with Gasteiger partial charge in [-0.2, -0.15) is 0 Å². The summed E-state index contributed by atoms with van der Waals surface area (Å²) in [5.41, 5.74) is 1.24. The van der Waals surface area contributed by atoms with Crippen LogP contribution in [0.15, 0.2) is 23.4 Å². The van der Waals surface area contributed by atoms with Gasteiger partial charge in [0.2, 0.25) is 0 Å². The van der Waals surface area contributed by atoms with Crippen LogP contribution in [-0.4, -0.2) is 31.0 Å². The van der Waals surface area contributed by atoms with Gasteiger partial charge >= 0.3 is 0 Å². The zero-order valence-corrected chi connectivity index (χ0v) is 11.7. The van der Waals surface area contributed by atoms with Crippen molar-refractivity contribution in [1.82, 2.24) is 10.3 Å². The van der Waals surface area contributed by atoms with Gasteiger partial charge in [0.15, 0.2) is 0 Å². The van der Waals surface area contributed by atoms with E-state index in [2.05, 4.69) is 36.3 Å². The van der Waals surface area contributed by atoms with Crippen LogP contribution in [0.4, 0.5) is 0 Å². The zero-order valence-electron chi connectivity index (χ0n) is 10.9. The number of hydrogen-bond donors (Lipinski definition) is 1. The molecule has 0 atom stereocenters. The van der Waals surface area contributed by atoms with E-state index in [1.165, 1.54) is 5.56 Å². The summed E-state index contributed by atoms with van der Waals surface area (Å²) >= 11 is 1.73. The number of pyridine rings is 1. The van der Waals surface area contributed by atoms with Crippen LogP contribution in [0.1, 0.15) is 19.4 Å². The summed E-state index contributed by atoms with van der Waals surface area (Å²) in [4.78, 5) is 4.42. The third-order valence-electron chi connectivity index (χ3n) is 2.22. The average Bonchev–Trinajstić information content (AvgIpc) is 2.31. The van der Waals surface area contributed by atoms with Crippen molar-refractivity contribution in [2.24, 2.45) is 5.92 Å². The molecule has 0 radical (unpaired) electrons. The number of ether oxygens (including phenoxy) is 1. The zero-order chi connectivity index (χ0) is 12.5. The summed E-state index contributed by atoms with van der Waals surface area (Å²) in [5.74, 6) is 1.64. The Hall–Kier alpha value is -0.580. The maximum Gasteiger partial charge on any atom is 0.0960 e. The Morgan fingerprint density at radius 1 is 1.41 bits per heavy atom. The monoisotopic (exact) mass is 254 g/mol. The van der Waals surface area contributed by atoms with Crippen LogP contribution in [-0.2, 0) is 11.3 Å². The second kappa shape index (κ2) is 8.50. The third kappa shape index (κ3) is 6.66. The summed E-state index contributed by atoms with van der Waals surface area (Å²) in [6, 6.07) is 4.21. The molecule has 0 aliphatic carbocycles. The lowest BCUT2D eigenvalue weighted by Gasteiger charge is -2.07. The Labute approximate surface area is 108 Å². The molecule has 1 heterocycles. The summed E-state index contributed by atoms with van der Waals surface area (Å²) < 4.78 is 5.00. The van der Waals surface area contributed by atoms with E-state index in [-0.39, 0.29) is 0 Å². The Morgan fingerprint density at radius 3 is 2.82 bits per heavy atom. The van der Waals surface area contributed by atoms with E-state index in [0.29, 0.717) is 5.92 Å². The number of aromatic nitrogens is 1. The van der Waals surface area contributed by atoms with Crippen molar-refractivity contribution in [2.45, 2.75) is 25.4 Å². The average molecular weight is 254 g/mol. The molecule has 0 aliphatic rings. The topological polar surface area (TPSA) is 34.1 Å². The fourth-order valence-electron chi connectivity index (χ4n) is 1.34. The van der Waals surface area contributed by atoms with Gasteiger partial charge in [-0.15, -0.1) is 11.8 Å². The van der Waals surface area contributed by atoms with Crippen molar-refractivity contribution in [3.05, 3.63) is 23.9 Å². The van der Waals surface area contributed by atoms with Gasteiger partial charge < -0.3 is 10.1 Å². The normalized spacial score (nSPS) is 11.1. The maximum absolute atomic E-state index is 5.00. The van der Waals surface area contributed by atoms with Gasteiger partial charge in [0.25, 0.3) is 0 Å². The highest BCUT2D eigenvalue weighted by molar-refractivity contribution is 7.99. The molecule has 1 aromatic rings. The second-order valence-corrected chi connectivity index (χ2v) is 5.49. The first kappa shape index (κ1) is 14.5. The summed E-state index contributed by atoms with van der Waals surface area (Å²) in [6.07, 6.45) is 1.95. The van der Waals surface area contributed by atoms with E-state index >= 15 is 0 Å². The van der Waals surface area contributed by atoms with E-state index in [9.17, 15) is 0 Å². The van der Waals surface area contributed by atoms with E-state index < -0.39 is 0 Å². The van der Waals surface area contributed by atoms with Crippen LogP contribution in [0.25, 0.3) is 0 Å². The lowest BCUT2D eigenvalue weighted by Crippen LogP contribution is -2.18. The van der Waals surface area contributed by atoms with Crippen LogP contribution in [0, 0.1) is 5.92 Å². The summed E-state index contributed by atoms with van der Waals surface area (Å²) in [5, 5.41) is 4.47. The van der Waals surface area contributed by atoms with E-state index in [0.717, 1.165) is 30.5 Å². The minimum Gasteiger partial charge on any atom is -0.384 e. The van der Waals surface area contributed by atoms with Crippen molar-refractivity contribution in [2.75, 3.05) is 26.0 Å². The highest BCUT2D eigenvalue weighted by Crippen LogP contribution is 2.14. The van der Waals surface area contributed by atoms with E-state index in [1.54, 1.807) is 18.9 Å². The molecular weight excluding hydrogens is 232 g/mol. The quantitative estimate of drug-likeness (QED) is 0.571. The highest BCUT2D eigenvalue weighted by Gasteiger charge is 1.98. The van der Waals surface area contributed by atoms with E-state index in [4.69, 9.17) is 4.74 Å². The molecule has 0 aromatic carbocycles. The van der Waals surface area contributed by atoms with Crippen LogP contribution in [0.3, 0.4) is 0 Å². The van der Waals surface area contributed by atoms with Crippen molar-refractivity contribution >= 4 is 11.8 Å². The fourth-order valence-corrected chi connectivity index (χ4v) is 2.09. The molecule has 0 saturated carbocycles. The number of nitrogens with one attached hydrogen (secondary N) is 1. The standard InChI is InChI=1S/C13H22N2OS/c1-11(2)8-14-9-12-4-5-13(15-10-12)17-7-6-16-3/h4-5,10-11,14H,6-9H2,1-3H3. The molecule has 4 heteroatoms. The number of hydrogen-bond acceptors (Lipinski definition) is 4. The van der Waals surface area contributed by atoms with Gasteiger partial charge in [-0.25, -0.2) is 4.98 Å². The molecule has 0 spiro atoms. The lowest BCUT2D eigenvalue weighted by atomic mass is 10.2. The molecule has 0 unspecified atom stereocenters. The Morgan fingerprint density at radius 2 is 2.24 bits per heavy atom. The van der Waals surface area contributed by atoms with Gasteiger partial charge in [0.05, 0.1) is 11.6 Å². The summed E-state index contributed by atoms with van der Waals surface area (Å²) in [6.45, 7) is 7.13. The van der Waals surface area contributed by atoms with Gasteiger partial charge in [0.1, 0.15) is 0 Å². The number of nitrogens with zero attached hydrogens (tertiary/aromatic N) is 1. The van der Waals surface area contributed by atoms with Crippen LogP contribution in [0.5, 0.6) is 0 Å². The van der Waals surface area contributed by atoms with Crippen LogP contribution in [0.2, 0.25) is 0 Å². The first-order chi connectivity index (χ1) is 8.22. The van der Waals surface area contributed by atoms with Crippen molar-refractivity contribution < 1.29 is 4.74 Å². The first-order valence-corrected chi connectivity index (χ1v) is 6.98. The van der Waals surface area contributed by atoms with Crippen molar-refractivity contribution in [1.29, 1.82) is 0 Å². The molecular formula is C13H22N2OS. The minimum atomic E-state index is 0.687. The molecule has 1 N–H and O–H groups in total. The molecule has 1 aromatic heterocycles. The second-order valence-electron chi connectivity index (χ2n) is 4.37. The number of thioether (sulfide) groups is 1. The SMILES string of the molecule is COCCSc1ccc(CNCC(C)C)cn1. The molecule has 0 aliphatic heterocycles. The Bertz CT molecular complexity index is 301. The Kier molecular flexibility index (Phi) is 7.24. The molecule has 17 heavy (non-hydrogen) atoms. The van der Waals surface area contributed by atoms with Gasteiger partial charge in [-0.05, 0) is 24.1 Å². The van der Waals surface area contributed by atoms with E-state index in [1.807, 2.05) is 6.20 Å². The molecule has 96 valence electrons. The fraction of sp³-hybridized carbons (Fsp3) is 0.615. The van der Waals surface area contributed by atoms with Crippen molar-refractivity contribution in [3.8, 4) is 0 Å². The maximum atomic E-state index is 5.00. The molecule has 0 fully saturated rings. The molecule has 1 rings (SSSR count). The van der Waals surface area contributed by atoms with Gasteiger partial charge in [-0.1, -0.05) is 19.9 Å². The van der Waals surface area contributed by atoms with Crippen LogP contribution < -0.4 is 5.32 Å². The smallest absolute Gasteiger partial charge is 0.0960 e. The molecule has 0 amide bonds. The minimum absolute atomic E-state index is 0.687. The molecule has 3 nitrogen and oxygen atoms in total. The Balaban J connectivity index is 2.29. The molecule has 0 saturated heterocycles. The van der Waals surface area contributed by atoms with Crippen LogP contribution >= 0.6 is 11.8 Å². The molecule has 0 bridgehead atoms. The predicted octanol–water partition coefficient (Wildman–Crippen LogP) is 2.57. The number of methoxy groups -OCH3 is 1. The van der Waals surface area contributed by atoms with Gasteiger partial charge in [-0.3, -0.25) is 0 Å².